The number of hydrogen-bond acceptors (Lipinski definition) is 7. The number of hydrazone groups is 1. The molecule has 0 radical (unpaired) electrons. The Balaban J connectivity index is 1.97. The Kier molecular flexibility index (Phi) is 6.01. The summed E-state index contributed by atoms with van der Waals surface area (Å²) in [6, 6.07) is 12.3. The van der Waals surface area contributed by atoms with Crippen LogP contribution in [0.4, 0.5) is 0 Å². The fraction of sp³-hybridized carbons (Fsp3) is 0.286. The first-order valence-electron chi connectivity index (χ1n) is 9.08. The number of carbonyl (C=O) groups is 2. The number of benzene rings is 2. The minimum atomic E-state index is -0.904. The molecule has 1 aliphatic heterocycles. The number of rotatable bonds is 6. The fourth-order valence-electron chi connectivity index (χ4n) is 2.89. The van der Waals surface area contributed by atoms with Crippen molar-refractivity contribution < 1.29 is 28.5 Å². The zero-order chi connectivity index (χ0) is 21.0. The molecule has 1 heterocycles. The molecule has 0 spiro atoms. The average Bonchev–Trinajstić information content (AvgIpc) is 3.14. The first kappa shape index (κ1) is 20.2. The lowest BCUT2D eigenvalue weighted by atomic mass is 10.1. The summed E-state index contributed by atoms with van der Waals surface area (Å²) in [5, 5.41) is 5.53. The van der Waals surface area contributed by atoms with Gasteiger partial charge in [-0.25, -0.2) is 0 Å². The van der Waals surface area contributed by atoms with Crippen LogP contribution >= 0.6 is 0 Å². The van der Waals surface area contributed by atoms with Gasteiger partial charge in [-0.3, -0.25) is 9.59 Å². The number of nitrogens with zero attached hydrogens (tertiary/aromatic N) is 2. The molecule has 29 heavy (non-hydrogen) atoms. The summed E-state index contributed by atoms with van der Waals surface area (Å²) < 4.78 is 22.1. The van der Waals surface area contributed by atoms with Gasteiger partial charge in [-0.2, -0.15) is 5.01 Å². The van der Waals surface area contributed by atoms with Gasteiger partial charge in [-0.1, -0.05) is 6.07 Å². The predicted octanol–water partition coefficient (Wildman–Crippen LogP) is 3.26. The number of ether oxygens (including phenoxy) is 4. The van der Waals surface area contributed by atoms with E-state index in [1.54, 1.807) is 42.5 Å². The van der Waals surface area contributed by atoms with Crippen molar-refractivity contribution in [1.29, 1.82) is 0 Å². The topological polar surface area (TPSA) is 86.7 Å². The van der Waals surface area contributed by atoms with Crippen molar-refractivity contribution in [3.63, 3.8) is 0 Å². The summed E-state index contributed by atoms with van der Waals surface area (Å²) in [4.78, 5) is 23.8. The van der Waals surface area contributed by atoms with E-state index >= 15 is 0 Å². The zero-order valence-corrected chi connectivity index (χ0v) is 16.7. The molecule has 2 aromatic carbocycles. The Bertz CT molecular complexity index is 939. The second-order valence-corrected chi connectivity index (χ2v) is 6.17. The Labute approximate surface area is 168 Å². The van der Waals surface area contributed by atoms with Crippen molar-refractivity contribution >= 4 is 17.8 Å². The van der Waals surface area contributed by atoms with Gasteiger partial charge < -0.3 is 18.9 Å². The largest absolute Gasteiger partial charge is 0.494 e. The zero-order valence-electron chi connectivity index (χ0n) is 16.7. The van der Waals surface area contributed by atoms with Crippen molar-refractivity contribution in [3.05, 3.63) is 53.6 Å². The molecule has 0 saturated carbocycles. The molecule has 1 atom stereocenters. The molecule has 152 valence electrons. The van der Waals surface area contributed by atoms with E-state index in [4.69, 9.17) is 18.9 Å². The number of hydrogen-bond donors (Lipinski definition) is 0. The van der Waals surface area contributed by atoms with E-state index < -0.39 is 12.2 Å². The number of carbonyl (C=O) groups excluding carboxylic acids is 2. The summed E-state index contributed by atoms with van der Waals surface area (Å²) in [7, 11) is 1.46. The summed E-state index contributed by atoms with van der Waals surface area (Å²) in [6.45, 7) is 5.14. The summed E-state index contributed by atoms with van der Waals surface area (Å²) in [6.07, 6.45) is -0.904. The first-order valence-corrected chi connectivity index (χ1v) is 9.08. The third-order valence-corrected chi connectivity index (χ3v) is 4.12. The molecule has 0 fully saturated rings. The van der Waals surface area contributed by atoms with Gasteiger partial charge in [0, 0.05) is 19.4 Å². The maximum Gasteiger partial charge on any atom is 0.308 e. The molecule has 8 heteroatoms. The van der Waals surface area contributed by atoms with Gasteiger partial charge in [0.1, 0.15) is 5.75 Å². The highest BCUT2D eigenvalue weighted by molar-refractivity contribution is 5.96. The molecule has 0 saturated heterocycles. The van der Waals surface area contributed by atoms with Crippen LogP contribution in [0.1, 0.15) is 38.1 Å². The van der Waals surface area contributed by atoms with Crippen LogP contribution in [0.3, 0.4) is 0 Å². The summed E-state index contributed by atoms with van der Waals surface area (Å²) >= 11 is 0. The van der Waals surface area contributed by atoms with Crippen LogP contribution in [0.2, 0.25) is 0 Å². The van der Waals surface area contributed by atoms with Gasteiger partial charge in [0.25, 0.3) is 0 Å². The van der Waals surface area contributed by atoms with Crippen LogP contribution in [-0.4, -0.2) is 36.5 Å². The lowest BCUT2D eigenvalue weighted by Crippen LogP contribution is -2.26. The Morgan fingerprint density at radius 3 is 2.45 bits per heavy atom. The van der Waals surface area contributed by atoms with Crippen molar-refractivity contribution in [2.45, 2.75) is 27.0 Å². The van der Waals surface area contributed by atoms with Gasteiger partial charge in [0.15, 0.2) is 11.5 Å². The molecule has 0 aliphatic carbocycles. The van der Waals surface area contributed by atoms with Gasteiger partial charge in [0.2, 0.25) is 18.0 Å². The maximum absolute atomic E-state index is 12.2. The number of methoxy groups -OCH3 is 1. The van der Waals surface area contributed by atoms with Gasteiger partial charge in [-0.05, 0) is 43.3 Å². The summed E-state index contributed by atoms with van der Waals surface area (Å²) in [5.41, 5.74) is 1.12. The van der Waals surface area contributed by atoms with Gasteiger partial charge >= 0.3 is 5.97 Å². The average molecular weight is 398 g/mol. The van der Waals surface area contributed by atoms with Crippen LogP contribution in [0.5, 0.6) is 17.2 Å². The fourth-order valence-corrected chi connectivity index (χ4v) is 2.89. The van der Waals surface area contributed by atoms with Gasteiger partial charge in [-0.15, -0.1) is 5.10 Å². The van der Waals surface area contributed by atoms with Crippen molar-refractivity contribution in [1.82, 2.24) is 5.01 Å². The Morgan fingerprint density at radius 2 is 1.86 bits per heavy atom. The number of para-hydroxylation sites is 1. The SMILES string of the molecule is CCOc1ccc(C2=NN(C(C)=O)C(c3cccc(OC)c3OC(C)=O)O2)cc1. The van der Waals surface area contributed by atoms with E-state index in [0.29, 0.717) is 23.5 Å². The van der Waals surface area contributed by atoms with E-state index in [9.17, 15) is 9.59 Å². The molecular formula is C21H22N2O6. The first-order chi connectivity index (χ1) is 13.9. The van der Waals surface area contributed by atoms with Gasteiger partial charge in [0.05, 0.1) is 19.3 Å². The normalized spacial score (nSPS) is 15.4. The molecule has 0 N–H and O–H groups in total. The molecule has 1 amide bonds. The van der Waals surface area contributed by atoms with Crippen molar-refractivity contribution in [2.75, 3.05) is 13.7 Å². The molecule has 0 bridgehead atoms. The lowest BCUT2D eigenvalue weighted by molar-refractivity contribution is -0.135. The number of esters is 1. The van der Waals surface area contributed by atoms with Crippen LogP contribution in [0, 0.1) is 0 Å². The second kappa shape index (κ2) is 8.64. The molecular weight excluding hydrogens is 376 g/mol. The lowest BCUT2D eigenvalue weighted by Gasteiger charge is -2.22. The monoisotopic (exact) mass is 398 g/mol. The van der Waals surface area contributed by atoms with Crippen LogP contribution in [-0.2, 0) is 14.3 Å². The molecule has 8 nitrogen and oxygen atoms in total. The standard InChI is InChI=1S/C21H22N2O6/c1-5-27-16-11-9-15(10-12-16)20-22-23(13(2)24)21(29-20)17-7-6-8-18(26-4)19(17)28-14(3)25/h6-12,21H,5H2,1-4H3. The predicted molar refractivity (Wildman–Crippen MR) is 105 cm³/mol. The molecule has 2 aromatic rings. The minimum Gasteiger partial charge on any atom is -0.494 e. The molecule has 0 aromatic heterocycles. The second-order valence-electron chi connectivity index (χ2n) is 6.17. The maximum atomic E-state index is 12.2. The highest BCUT2D eigenvalue weighted by Gasteiger charge is 2.36. The van der Waals surface area contributed by atoms with E-state index in [1.165, 1.54) is 26.0 Å². The van der Waals surface area contributed by atoms with E-state index in [-0.39, 0.29) is 17.6 Å². The van der Waals surface area contributed by atoms with E-state index in [0.717, 1.165) is 5.75 Å². The van der Waals surface area contributed by atoms with Crippen molar-refractivity contribution in [3.8, 4) is 17.2 Å². The quantitative estimate of drug-likeness (QED) is 0.548. The van der Waals surface area contributed by atoms with Crippen LogP contribution < -0.4 is 14.2 Å². The molecule has 1 unspecified atom stereocenters. The number of amides is 1. The smallest absolute Gasteiger partial charge is 0.308 e. The Hall–Kier alpha value is -3.55. The third-order valence-electron chi connectivity index (χ3n) is 4.12. The third kappa shape index (κ3) is 4.31. The Morgan fingerprint density at radius 1 is 1.14 bits per heavy atom. The molecule has 1 aliphatic rings. The highest BCUT2D eigenvalue weighted by Crippen LogP contribution is 2.40. The van der Waals surface area contributed by atoms with E-state index in [2.05, 4.69) is 5.10 Å². The van der Waals surface area contributed by atoms with Crippen LogP contribution in [0.15, 0.2) is 47.6 Å². The summed E-state index contributed by atoms with van der Waals surface area (Å²) in [5.74, 6) is 0.675. The molecule has 3 rings (SSSR count). The highest BCUT2D eigenvalue weighted by atomic mass is 16.6. The van der Waals surface area contributed by atoms with Crippen molar-refractivity contribution in [2.24, 2.45) is 5.10 Å². The minimum absolute atomic E-state index is 0.182. The van der Waals surface area contributed by atoms with Crippen LogP contribution in [0.25, 0.3) is 0 Å². The van der Waals surface area contributed by atoms with E-state index in [1.807, 2.05) is 6.92 Å².